The number of aromatic nitrogens is 2. The lowest BCUT2D eigenvalue weighted by atomic mass is 9.89. The van der Waals surface area contributed by atoms with Crippen LogP contribution in [0.5, 0.6) is 0 Å². The first-order valence-corrected chi connectivity index (χ1v) is 16.3. The highest BCUT2D eigenvalue weighted by Crippen LogP contribution is 2.41. The minimum absolute atomic E-state index is 0.465. The third-order valence-electron chi connectivity index (χ3n) is 9.61. The van der Waals surface area contributed by atoms with Crippen molar-refractivity contribution in [3.63, 3.8) is 0 Å². The van der Waals surface area contributed by atoms with Crippen molar-refractivity contribution in [1.82, 2.24) is 9.13 Å². The number of hydrogen-bond donors (Lipinski definition) is 0. The predicted molar refractivity (Wildman–Crippen MR) is 200 cm³/mol. The van der Waals surface area contributed by atoms with Gasteiger partial charge < -0.3 is 9.13 Å². The maximum atomic E-state index is 10.9. The van der Waals surface area contributed by atoms with Gasteiger partial charge in [0.15, 0.2) is 0 Å². The Balaban J connectivity index is 1.28. The lowest BCUT2D eigenvalue weighted by Crippen LogP contribution is -2.00. The van der Waals surface area contributed by atoms with Gasteiger partial charge in [0.05, 0.1) is 56.6 Å². The third kappa shape index (κ3) is 4.31. The van der Waals surface area contributed by atoms with Crippen LogP contribution in [-0.4, -0.2) is 9.13 Å². The second kappa shape index (κ2) is 11.4. The number of para-hydroxylation sites is 4. The van der Waals surface area contributed by atoms with Crippen molar-refractivity contribution >= 4 is 43.6 Å². The summed E-state index contributed by atoms with van der Waals surface area (Å²) >= 11 is 0. The van der Waals surface area contributed by atoms with E-state index in [-0.39, 0.29) is 0 Å². The summed E-state index contributed by atoms with van der Waals surface area (Å²) in [5, 5.41) is 35.2. The fourth-order valence-corrected chi connectivity index (χ4v) is 7.48. The molecule has 5 heteroatoms. The highest BCUT2D eigenvalue weighted by molar-refractivity contribution is 6.11. The van der Waals surface area contributed by atoms with Gasteiger partial charge in [-0.1, -0.05) is 84.9 Å². The Morgan fingerprint density at radius 1 is 0.380 bits per heavy atom. The smallest absolute Gasteiger partial charge is 0.100 e. The topological polar surface area (TPSA) is 81.2 Å². The van der Waals surface area contributed by atoms with Gasteiger partial charge in [0.2, 0.25) is 0 Å². The standard InChI is InChI=1S/C45H25N5/c46-26-29-20-21-45-39(22-29)36-15-4-8-19-44(36)50(45)43-18-7-3-14-35(43)38-24-30(27-47)23-37(40(38)28-48)31-10-9-11-32(25-31)49-41-16-5-1-12-33(41)34-13-2-6-17-42(34)49/h1-25H. The lowest BCUT2D eigenvalue weighted by Gasteiger charge is -2.17. The minimum Gasteiger partial charge on any atom is -0.309 e. The van der Waals surface area contributed by atoms with Gasteiger partial charge in [-0.25, -0.2) is 0 Å². The number of rotatable bonds is 4. The summed E-state index contributed by atoms with van der Waals surface area (Å²) in [6, 6.07) is 57.6. The maximum Gasteiger partial charge on any atom is 0.100 e. The fraction of sp³-hybridized carbons (Fsp3) is 0. The van der Waals surface area contributed by atoms with Gasteiger partial charge in [-0.3, -0.25) is 0 Å². The molecule has 0 aliphatic carbocycles. The average molecular weight is 636 g/mol. The molecule has 2 heterocycles. The van der Waals surface area contributed by atoms with E-state index < -0.39 is 0 Å². The van der Waals surface area contributed by atoms with E-state index in [1.165, 1.54) is 10.8 Å². The SMILES string of the molecule is N#Cc1cc(-c2cccc(-n3c4ccccc4c4ccccc43)c2)c(C#N)c(-c2ccccc2-n2c3ccccc3c3cc(C#N)ccc32)c1. The van der Waals surface area contributed by atoms with Crippen LogP contribution in [0.15, 0.2) is 152 Å². The van der Waals surface area contributed by atoms with E-state index >= 15 is 0 Å². The van der Waals surface area contributed by atoms with Crippen molar-refractivity contribution < 1.29 is 0 Å². The summed E-state index contributed by atoms with van der Waals surface area (Å²) in [7, 11) is 0. The number of fused-ring (bicyclic) bond motifs is 6. The number of nitrogens with zero attached hydrogens (tertiary/aromatic N) is 5. The van der Waals surface area contributed by atoms with E-state index in [4.69, 9.17) is 0 Å². The van der Waals surface area contributed by atoms with E-state index in [0.29, 0.717) is 27.8 Å². The Labute approximate surface area is 287 Å². The summed E-state index contributed by atoms with van der Waals surface area (Å²) in [6.45, 7) is 0. The quantitative estimate of drug-likeness (QED) is 0.193. The van der Waals surface area contributed by atoms with Crippen molar-refractivity contribution in [3.05, 3.63) is 168 Å². The van der Waals surface area contributed by atoms with Crippen molar-refractivity contribution in [2.75, 3.05) is 0 Å². The van der Waals surface area contributed by atoms with Crippen LogP contribution in [0.25, 0.3) is 77.2 Å². The van der Waals surface area contributed by atoms with Gasteiger partial charge in [-0.15, -0.1) is 0 Å². The molecule has 0 radical (unpaired) electrons. The Morgan fingerprint density at radius 3 is 1.64 bits per heavy atom. The molecule has 0 saturated heterocycles. The van der Waals surface area contributed by atoms with Crippen LogP contribution in [0.3, 0.4) is 0 Å². The van der Waals surface area contributed by atoms with E-state index in [2.05, 4.69) is 100 Å². The highest BCUT2D eigenvalue weighted by atomic mass is 15.0. The Morgan fingerprint density at radius 2 is 0.960 bits per heavy atom. The molecule has 0 aliphatic heterocycles. The van der Waals surface area contributed by atoms with Gasteiger partial charge in [0, 0.05) is 43.9 Å². The van der Waals surface area contributed by atoms with Crippen LogP contribution >= 0.6 is 0 Å². The number of hydrogen-bond acceptors (Lipinski definition) is 3. The van der Waals surface area contributed by atoms with Crippen LogP contribution < -0.4 is 0 Å². The first kappa shape index (κ1) is 28.8. The molecule has 9 rings (SSSR count). The Bertz CT molecular complexity index is 2920. The van der Waals surface area contributed by atoms with Crippen molar-refractivity contribution in [2.24, 2.45) is 0 Å². The molecule has 0 spiro atoms. The molecule has 9 aromatic rings. The molecule has 0 unspecified atom stereocenters. The largest absolute Gasteiger partial charge is 0.309 e. The van der Waals surface area contributed by atoms with Crippen LogP contribution in [0.4, 0.5) is 0 Å². The van der Waals surface area contributed by atoms with Crippen LogP contribution in [0, 0.1) is 34.0 Å². The molecule has 2 aromatic heterocycles. The summed E-state index contributed by atoms with van der Waals surface area (Å²) in [5.41, 5.74) is 10.6. The molecule has 0 bridgehead atoms. The first-order chi connectivity index (χ1) is 24.7. The molecular formula is C45H25N5. The molecule has 230 valence electrons. The molecule has 0 atom stereocenters. The summed E-state index contributed by atoms with van der Waals surface area (Å²) in [6.07, 6.45) is 0. The minimum atomic E-state index is 0.465. The zero-order valence-electron chi connectivity index (χ0n) is 26.7. The van der Waals surface area contributed by atoms with Crippen LogP contribution in [0.2, 0.25) is 0 Å². The molecular weight excluding hydrogens is 611 g/mol. The van der Waals surface area contributed by atoms with Crippen molar-refractivity contribution in [1.29, 1.82) is 15.8 Å². The lowest BCUT2D eigenvalue weighted by molar-refractivity contribution is 1.18. The molecule has 0 N–H and O–H groups in total. The summed E-state index contributed by atoms with van der Waals surface area (Å²) in [5.74, 6) is 0. The second-order valence-electron chi connectivity index (χ2n) is 12.3. The van der Waals surface area contributed by atoms with E-state index in [1.807, 2.05) is 78.9 Å². The van der Waals surface area contributed by atoms with Gasteiger partial charge in [-0.2, -0.15) is 15.8 Å². The van der Waals surface area contributed by atoms with Gasteiger partial charge in [0.25, 0.3) is 0 Å². The maximum absolute atomic E-state index is 10.9. The summed E-state index contributed by atoms with van der Waals surface area (Å²) < 4.78 is 4.44. The van der Waals surface area contributed by atoms with E-state index in [1.54, 1.807) is 0 Å². The monoisotopic (exact) mass is 635 g/mol. The normalized spacial score (nSPS) is 11.1. The molecule has 7 aromatic carbocycles. The number of benzene rings is 7. The second-order valence-corrected chi connectivity index (χ2v) is 12.3. The van der Waals surface area contributed by atoms with Crippen LogP contribution in [-0.2, 0) is 0 Å². The van der Waals surface area contributed by atoms with Crippen molar-refractivity contribution in [3.8, 4) is 51.8 Å². The molecule has 0 amide bonds. The molecule has 0 saturated carbocycles. The van der Waals surface area contributed by atoms with E-state index in [9.17, 15) is 15.8 Å². The predicted octanol–water partition coefficient (Wildman–Crippen LogP) is 10.8. The molecule has 5 nitrogen and oxygen atoms in total. The van der Waals surface area contributed by atoms with Gasteiger partial charge in [0.1, 0.15) is 6.07 Å². The van der Waals surface area contributed by atoms with Gasteiger partial charge in [-0.05, 0) is 72.3 Å². The zero-order valence-corrected chi connectivity index (χ0v) is 26.7. The summed E-state index contributed by atoms with van der Waals surface area (Å²) in [4.78, 5) is 0. The third-order valence-corrected chi connectivity index (χ3v) is 9.61. The molecule has 0 fully saturated rings. The van der Waals surface area contributed by atoms with Crippen LogP contribution in [0.1, 0.15) is 16.7 Å². The average Bonchev–Trinajstić information content (AvgIpc) is 3.70. The zero-order chi connectivity index (χ0) is 33.8. The van der Waals surface area contributed by atoms with Crippen molar-refractivity contribution in [2.45, 2.75) is 0 Å². The molecule has 50 heavy (non-hydrogen) atoms. The molecule has 0 aliphatic rings. The Kier molecular flexibility index (Phi) is 6.56. The highest BCUT2D eigenvalue weighted by Gasteiger charge is 2.21. The van der Waals surface area contributed by atoms with E-state index in [0.717, 1.165) is 55.3 Å². The first-order valence-electron chi connectivity index (χ1n) is 16.3. The Hall–Kier alpha value is -7.39. The fourth-order valence-electron chi connectivity index (χ4n) is 7.48. The van der Waals surface area contributed by atoms with Gasteiger partial charge >= 0.3 is 0 Å². The number of nitriles is 3.